The van der Waals surface area contributed by atoms with Crippen LogP contribution in [0.25, 0.3) is 0 Å². The van der Waals surface area contributed by atoms with Crippen molar-refractivity contribution in [1.29, 1.82) is 0 Å². The third-order valence-corrected chi connectivity index (χ3v) is 1.95. The van der Waals surface area contributed by atoms with Gasteiger partial charge in [0.1, 0.15) is 0 Å². The van der Waals surface area contributed by atoms with Gasteiger partial charge in [-0.2, -0.15) is 12.6 Å². The minimum absolute atomic E-state index is 0.137. The van der Waals surface area contributed by atoms with Crippen LogP contribution >= 0.6 is 12.6 Å². The molecule has 1 atom stereocenters. The molecule has 0 N–H and O–H groups in total. The Labute approximate surface area is 72.7 Å². The van der Waals surface area contributed by atoms with Crippen LogP contribution in [-0.2, 0) is 4.79 Å². The average Bonchev–Trinajstić information content (AvgIpc) is 2.05. The van der Waals surface area contributed by atoms with Gasteiger partial charge in [-0.25, -0.2) is 0 Å². The van der Waals surface area contributed by atoms with Crippen LogP contribution in [0.1, 0.15) is 13.3 Å². The van der Waals surface area contributed by atoms with E-state index in [2.05, 4.69) is 18.7 Å². The highest BCUT2D eigenvalue weighted by atomic mass is 32.1. The Bertz CT molecular complexity index is 177. The number of carbonyl (C=O) groups excluding carboxylic acids is 1. The molecular weight excluding hydrogens is 158 g/mol. The number of hydrogen-bond acceptors (Lipinski definition) is 2. The molecule has 3 heteroatoms. The lowest BCUT2D eigenvalue weighted by molar-refractivity contribution is -0.129. The maximum Gasteiger partial charge on any atom is 0.235 e. The predicted octanol–water partition coefficient (Wildman–Crippen LogP) is 1.09. The highest BCUT2D eigenvalue weighted by molar-refractivity contribution is 7.81. The maximum atomic E-state index is 11.3. The van der Waals surface area contributed by atoms with E-state index in [1.54, 1.807) is 0 Å². The summed E-state index contributed by atoms with van der Waals surface area (Å²) in [7, 11) is 0. The number of amides is 1. The van der Waals surface area contributed by atoms with Gasteiger partial charge in [-0.1, -0.05) is 12.2 Å². The SMILES string of the molecule is CC(S)C(=O)N1CC=CCC1. The summed E-state index contributed by atoms with van der Waals surface area (Å²) >= 11 is 4.09. The first-order valence-electron chi connectivity index (χ1n) is 3.83. The first-order chi connectivity index (χ1) is 5.22. The molecule has 62 valence electrons. The molecule has 0 aromatic carbocycles. The summed E-state index contributed by atoms with van der Waals surface area (Å²) in [4.78, 5) is 13.1. The number of carbonyl (C=O) groups is 1. The second kappa shape index (κ2) is 3.81. The van der Waals surface area contributed by atoms with E-state index in [1.165, 1.54) is 0 Å². The van der Waals surface area contributed by atoms with Crippen molar-refractivity contribution in [3.63, 3.8) is 0 Å². The molecule has 1 rings (SSSR count). The molecule has 0 aliphatic carbocycles. The molecule has 0 saturated carbocycles. The van der Waals surface area contributed by atoms with Crippen molar-refractivity contribution >= 4 is 18.5 Å². The summed E-state index contributed by atoms with van der Waals surface area (Å²) in [6, 6.07) is 0. The topological polar surface area (TPSA) is 20.3 Å². The number of thiol groups is 1. The van der Waals surface area contributed by atoms with Crippen LogP contribution in [-0.4, -0.2) is 29.1 Å². The summed E-state index contributed by atoms with van der Waals surface area (Å²) < 4.78 is 0. The van der Waals surface area contributed by atoms with E-state index in [-0.39, 0.29) is 11.2 Å². The minimum Gasteiger partial charge on any atom is -0.338 e. The minimum atomic E-state index is -0.165. The van der Waals surface area contributed by atoms with Crippen LogP contribution in [0.2, 0.25) is 0 Å². The Morgan fingerprint density at radius 3 is 2.82 bits per heavy atom. The van der Waals surface area contributed by atoms with Gasteiger partial charge in [-0.3, -0.25) is 4.79 Å². The van der Waals surface area contributed by atoms with Gasteiger partial charge in [0.2, 0.25) is 5.91 Å². The fourth-order valence-corrected chi connectivity index (χ4v) is 1.27. The number of rotatable bonds is 1. The van der Waals surface area contributed by atoms with Gasteiger partial charge in [-0.05, 0) is 13.3 Å². The summed E-state index contributed by atoms with van der Waals surface area (Å²) in [6.07, 6.45) is 5.11. The maximum absolute atomic E-state index is 11.3. The van der Waals surface area contributed by atoms with E-state index in [1.807, 2.05) is 17.9 Å². The monoisotopic (exact) mass is 171 g/mol. The zero-order chi connectivity index (χ0) is 8.27. The molecule has 0 spiro atoms. The van der Waals surface area contributed by atoms with Crippen LogP contribution in [0.4, 0.5) is 0 Å². The third-order valence-electron chi connectivity index (χ3n) is 1.73. The van der Waals surface area contributed by atoms with E-state index < -0.39 is 0 Å². The molecule has 1 aliphatic rings. The highest BCUT2D eigenvalue weighted by Crippen LogP contribution is 2.06. The van der Waals surface area contributed by atoms with E-state index in [4.69, 9.17) is 0 Å². The zero-order valence-electron chi connectivity index (χ0n) is 6.66. The first kappa shape index (κ1) is 8.65. The van der Waals surface area contributed by atoms with Gasteiger partial charge in [-0.15, -0.1) is 0 Å². The highest BCUT2D eigenvalue weighted by Gasteiger charge is 2.16. The lowest BCUT2D eigenvalue weighted by atomic mass is 10.2. The molecule has 2 nitrogen and oxygen atoms in total. The smallest absolute Gasteiger partial charge is 0.235 e. The van der Waals surface area contributed by atoms with Crippen LogP contribution in [0, 0.1) is 0 Å². The molecule has 0 radical (unpaired) electrons. The molecule has 0 bridgehead atoms. The second-order valence-electron chi connectivity index (χ2n) is 2.72. The Morgan fingerprint density at radius 1 is 1.64 bits per heavy atom. The Kier molecular flexibility index (Phi) is 3.00. The van der Waals surface area contributed by atoms with Gasteiger partial charge in [0.15, 0.2) is 0 Å². The van der Waals surface area contributed by atoms with Crippen LogP contribution < -0.4 is 0 Å². The zero-order valence-corrected chi connectivity index (χ0v) is 7.55. The molecule has 0 saturated heterocycles. The van der Waals surface area contributed by atoms with Crippen molar-refractivity contribution < 1.29 is 4.79 Å². The van der Waals surface area contributed by atoms with Crippen LogP contribution in [0.5, 0.6) is 0 Å². The van der Waals surface area contributed by atoms with Gasteiger partial charge in [0.25, 0.3) is 0 Å². The van der Waals surface area contributed by atoms with Crippen molar-refractivity contribution in [2.24, 2.45) is 0 Å². The average molecular weight is 171 g/mol. The normalized spacial score (nSPS) is 20.0. The lowest BCUT2D eigenvalue weighted by Gasteiger charge is -2.24. The van der Waals surface area contributed by atoms with Crippen molar-refractivity contribution in [2.75, 3.05) is 13.1 Å². The Balaban J connectivity index is 2.47. The molecule has 0 aromatic rings. The molecule has 11 heavy (non-hydrogen) atoms. The first-order valence-corrected chi connectivity index (χ1v) is 4.35. The summed E-state index contributed by atoms with van der Waals surface area (Å²) in [5, 5.41) is -0.165. The fraction of sp³-hybridized carbons (Fsp3) is 0.625. The summed E-state index contributed by atoms with van der Waals surface area (Å²) in [5.74, 6) is 0.137. The fourth-order valence-electron chi connectivity index (χ4n) is 1.11. The number of hydrogen-bond donors (Lipinski definition) is 1. The molecule has 1 aliphatic heterocycles. The van der Waals surface area contributed by atoms with Gasteiger partial charge in [0.05, 0.1) is 5.25 Å². The van der Waals surface area contributed by atoms with Crippen molar-refractivity contribution in [3.8, 4) is 0 Å². The molecule has 0 aromatic heterocycles. The summed E-state index contributed by atoms with van der Waals surface area (Å²) in [6.45, 7) is 3.41. The summed E-state index contributed by atoms with van der Waals surface area (Å²) in [5.41, 5.74) is 0. The van der Waals surface area contributed by atoms with Crippen molar-refractivity contribution in [1.82, 2.24) is 4.90 Å². The van der Waals surface area contributed by atoms with Crippen molar-refractivity contribution in [2.45, 2.75) is 18.6 Å². The molecule has 1 unspecified atom stereocenters. The Morgan fingerprint density at radius 2 is 2.36 bits per heavy atom. The quantitative estimate of drug-likeness (QED) is 0.462. The van der Waals surface area contributed by atoms with E-state index in [0.29, 0.717) is 0 Å². The standard InChI is InChI=1S/C8H13NOS/c1-7(11)8(10)9-5-3-2-4-6-9/h2-3,7,11H,4-6H2,1H3. The third kappa shape index (κ3) is 2.26. The predicted molar refractivity (Wildman–Crippen MR) is 48.8 cm³/mol. The molecule has 0 fully saturated rings. The van der Waals surface area contributed by atoms with E-state index >= 15 is 0 Å². The Hall–Kier alpha value is -0.440. The van der Waals surface area contributed by atoms with E-state index in [9.17, 15) is 4.79 Å². The largest absolute Gasteiger partial charge is 0.338 e. The molecule has 1 heterocycles. The number of nitrogens with zero attached hydrogens (tertiary/aromatic N) is 1. The molecular formula is C8H13NOS. The lowest BCUT2D eigenvalue weighted by Crippen LogP contribution is -2.37. The van der Waals surface area contributed by atoms with Crippen LogP contribution in [0.3, 0.4) is 0 Å². The molecule has 1 amide bonds. The second-order valence-corrected chi connectivity index (χ2v) is 3.49. The van der Waals surface area contributed by atoms with Crippen LogP contribution in [0.15, 0.2) is 12.2 Å². The van der Waals surface area contributed by atoms with Gasteiger partial charge in [0, 0.05) is 13.1 Å². The van der Waals surface area contributed by atoms with Crippen molar-refractivity contribution in [3.05, 3.63) is 12.2 Å². The van der Waals surface area contributed by atoms with Gasteiger partial charge < -0.3 is 4.90 Å². The van der Waals surface area contributed by atoms with E-state index in [0.717, 1.165) is 19.5 Å². The van der Waals surface area contributed by atoms with Gasteiger partial charge >= 0.3 is 0 Å².